The number of nitrogens with one attached hydrogen (secondary N) is 2. The van der Waals surface area contributed by atoms with Gasteiger partial charge in [-0.2, -0.15) is 0 Å². The van der Waals surface area contributed by atoms with E-state index in [9.17, 15) is 14.4 Å². The molecular formula is C23H20N4O3. The summed E-state index contributed by atoms with van der Waals surface area (Å²) in [6, 6.07) is 13.6. The van der Waals surface area contributed by atoms with Crippen LogP contribution >= 0.6 is 0 Å². The number of carbonyl (C=O) groups excluding carboxylic acids is 1. The number of nitrogens with zero attached hydrogens (tertiary/aromatic N) is 1. The largest absolute Gasteiger partial charge is 0.394 e. The number of amides is 1. The van der Waals surface area contributed by atoms with Crippen molar-refractivity contribution in [3.63, 3.8) is 0 Å². The van der Waals surface area contributed by atoms with Crippen molar-refractivity contribution >= 4 is 28.2 Å². The highest BCUT2D eigenvalue weighted by atomic mass is 16.2. The Labute approximate surface area is 171 Å². The van der Waals surface area contributed by atoms with Crippen LogP contribution in [-0.2, 0) is 19.5 Å². The molecule has 0 atom stereocenters. The Morgan fingerprint density at radius 2 is 1.93 bits per heavy atom. The first-order chi connectivity index (χ1) is 14.5. The van der Waals surface area contributed by atoms with E-state index in [0.717, 1.165) is 28.5 Å². The normalized spacial score (nSPS) is 13.5. The van der Waals surface area contributed by atoms with E-state index in [1.165, 1.54) is 5.56 Å². The first-order valence-electron chi connectivity index (χ1n) is 9.81. The van der Waals surface area contributed by atoms with Crippen molar-refractivity contribution in [2.75, 3.05) is 17.2 Å². The summed E-state index contributed by atoms with van der Waals surface area (Å²) in [7, 11) is 0. The fourth-order valence-electron chi connectivity index (χ4n) is 4.10. The first kappa shape index (κ1) is 18.2. The molecule has 4 N–H and O–H groups in total. The lowest BCUT2D eigenvalue weighted by molar-refractivity contribution is 0.0951. The smallest absolute Gasteiger partial charge is 0.253 e. The molecule has 2 heterocycles. The molecule has 7 heteroatoms. The molecule has 0 saturated heterocycles. The number of benzene rings is 2. The number of hydrogen-bond acceptors (Lipinski definition) is 5. The zero-order valence-electron chi connectivity index (χ0n) is 16.2. The van der Waals surface area contributed by atoms with Crippen LogP contribution in [0.15, 0.2) is 58.3 Å². The summed E-state index contributed by atoms with van der Waals surface area (Å²) in [5.41, 5.74) is 9.89. The van der Waals surface area contributed by atoms with Crippen molar-refractivity contribution < 1.29 is 4.79 Å². The molecule has 30 heavy (non-hydrogen) atoms. The van der Waals surface area contributed by atoms with Gasteiger partial charge in [0.2, 0.25) is 0 Å². The lowest BCUT2D eigenvalue weighted by Gasteiger charge is -2.32. The van der Waals surface area contributed by atoms with Crippen molar-refractivity contribution in [1.82, 2.24) is 10.3 Å². The number of rotatable bonds is 4. The van der Waals surface area contributed by atoms with Gasteiger partial charge in [0.15, 0.2) is 0 Å². The Bertz CT molecular complexity index is 1360. The van der Waals surface area contributed by atoms with Gasteiger partial charge in [0.05, 0.1) is 0 Å². The van der Waals surface area contributed by atoms with E-state index in [1.807, 2.05) is 41.4 Å². The molecule has 7 nitrogen and oxygen atoms in total. The second kappa shape index (κ2) is 6.88. The number of aromatic nitrogens is 1. The quantitative estimate of drug-likeness (QED) is 0.453. The average molecular weight is 400 g/mol. The second-order valence-electron chi connectivity index (χ2n) is 7.66. The first-order valence-corrected chi connectivity index (χ1v) is 9.81. The summed E-state index contributed by atoms with van der Waals surface area (Å²) in [5, 5.41) is 3.96. The van der Waals surface area contributed by atoms with Gasteiger partial charge in [-0.05, 0) is 47.4 Å². The SMILES string of the molecule is Nc1c(N2CCc3ccc(CNC(=O)c4ccc5[nH]ccc5c4)cc3C2)c(=O)c1=O. The summed E-state index contributed by atoms with van der Waals surface area (Å²) >= 11 is 0. The molecule has 0 bridgehead atoms. The maximum atomic E-state index is 12.5. The third-order valence-corrected chi connectivity index (χ3v) is 5.79. The number of H-pyrrole nitrogens is 1. The zero-order chi connectivity index (χ0) is 20.8. The fourth-order valence-corrected chi connectivity index (χ4v) is 4.10. The second-order valence-corrected chi connectivity index (χ2v) is 7.66. The molecule has 1 amide bonds. The van der Waals surface area contributed by atoms with Gasteiger partial charge in [-0.25, -0.2) is 0 Å². The van der Waals surface area contributed by atoms with Crippen LogP contribution in [0, 0.1) is 0 Å². The van der Waals surface area contributed by atoms with E-state index < -0.39 is 10.9 Å². The van der Waals surface area contributed by atoms with E-state index in [0.29, 0.717) is 30.9 Å². The fraction of sp³-hybridized carbons (Fsp3) is 0.174. The molecule has 1 aliphatic rings. The third kappa shape index (κ3) is 2.95. The molecule has 0 fully saturated rings. The number of carbonyl (C=O) groups is 1. The predicted molar refractivity (Wildman–Crippen MR) is 116 cm³/mol. The molecule has 150 valence electrons. The van der Waals surface area contributed by atoms with E-state index in [4.69, 9.17) is 5.73 Å². The Balaban J connectivity index is 1.30. The van der Waals surface area contributed by atoms with Crippen LogP contribution in [-0.4, -0.2) is 17.4 Å². The van der Waals surface area contributed by atoms with E-state index >= 15 is 0 Å². The van der Waals surface area contributed by atoms with Gasteiger partial charge in [-0.15, -0.1) is 0 Å². The van der Waals surface area contributed by atoms with Crippen LogP contribution in [0.4, 0.5) is 11.4 Å². The number of anilines is 2. The van der Waals surface area contributed by atoms with Crippen LogP contribution in [0.3, 0.4) is 0 Å². The minimum atomic E-state index is -0.593. The summed E-state index contributed by atoms with van der Waals surface area (Å²) in [6.45, 7) is 1.58. The zero-order valence-corrected chi connectivity index (χ0v) is 16.2. The highest BCUT2D eigenvalue weighted by molar-refractivity contribution is 5.98. The van der Waals surface area contributed by atoms with Crippen molar-refractivity contribution in [2.24, 2.45) is 0 Å². The number of nitrogen functional groups attached to an aromatic ring is 1. The highest BCUT2D eigenvalue weighted by Crippen LogP contribution is 2.26. The molecule has 4 aromatic rings. The minimum Gasteiger partial charge on any atom is -0.394 e. The molecule has 0 aliphatic carbocycles. The molecule has 1 aliphatic heterocycles. The average Bonchev–Trinajstić information content (AvgIpc) is 3.25. The molecular weight excluding hydrogens is 380 g/mol. The van der Waals surface area contributed by atoms with Crippen molar-refractivity contribution in [2.45, 2.75) is 19.5 Å². The standard InChI is InChI=1S/C23H20N4O3/c24-19-20(22(29)21(19)28)27-8-6-14-2-1-13(9-17(14)12-27)11-26-23(30)16-3-4-18-15(10-16)5-7-25-18/h1-5,7,9-10,25H,6,8,11-12,24H2,(H,26,30). The molecule has 0 radical (unpaired) electrons. The number of aromatic amines is 1. The van der Waals surface area contributed by atoms with Crippen molar-refractivity contribution in [1.29, 1.82) is 0 Å². The molecule has 5 rings (SSSR count). The number of hydrogen-bond donors (Lipinski definition) is 3. The van der Waals surface area contributed by atoms with Crippen LogP contribution < -0.4 is 26.8 Å². The van der Waals surface area contributed by atoms with Gasteiger partial charge in [-0.3, -0.25) is 14.4 Å². The summed E-state index contributed by atoms with van der Waals surface area (Å²) < 4.78 is 0. The van der Waals surface area contributed by atoms with Gasteiger partial charge in [-0.1, -0.05) is 18.2 Å². The van der Waals surface area contributed by atoms with E-state index in [-0.39, 0.29) is 11.6 Å². The number of nitrogens with two attached hydrogens (primary N) is 1. The van der Waals surface area contributed by atoms with Crippen molar-refractivity contribution in [3.05, 3.63) is 91.4 Å². The topological polar surface area (TPSA) is 108 Å². The monoisotopic (exact) mass is 400 g/mol. The van der Waals surface area contributed by atoms with Gasteiger partial charge in [0.25, 0.3) is 16.8 Å². The van der Waals surface area contributed by atoms with Crippen LogP contribution in [0.25, 0.3) is 10.9 Å². The Kier molecular flexibility index (Phi) is 4.17. The van der Waals surface area contributed by atoms with E-state index in [2.05, 4.69) is 16.4 Å². The predicted octanol–water partition coefficient (Wildman–Crippen LogP) is 1.84. The van der Waals surface area contributed by atoms with Gasteiger partial charge in [0, 0.05) is 42.3 Å². The Morgan fingerprint density at radius 3 is 2.77 bits per heavy atom. The van der Waals surface area contributed by atoms with Gasteiger partial charge >= 0.3 is 0 Å². The van der Waals surface area contributed by atoms with Gasteiger partial charge < -0.3 is 20.9 Å². The molecule has 1 aromatic heterocycles. The summed E-state index contributed by atoms with van der Waals surface area (Å²) in [4.78, 5) is 40.8. The Morgan fingerprint density at radius 1 is 1.07 bits per heavy atom. The molecule has 0 spiro atoms. The van der Waals surface area contributed by atoms with Gasteiger partial charge in [0.1, 0.15) is 11.4 Å². The lowest BCUT2D eigenvalue weighted by Crippen LogP contribution is -2.44. The third-order valence-electron chi connectivity index (χ3n) is 5.79. The summed E-state index contributed by atoms with van der Waals surface area (Å²) in [6.07, 6.45) is 2.62. The van der Waals surface area contributed by atoms with Crippen LogP contribution in [0.5, 0.6) is 0 Å². The van der Waals surface area contributed by atoms with Crippen molar-refractivity contribution in [3.8, 4) is 0 Å². The van der Waals surface area contributed by atoms with Crippen LogP contribution in [0.2, 0.25) is 0 Å². The Hall–Kier alpha value is -3.87. The van der Waals surface area contributed by atoms with Crippen LogP contribution in [0.1, 0.15) is 27.0 Å². The maximum Gasteiger partial charge on any atom is 0.253 e. The molecule has 0 unspecified atom stereocenters. The van der Waals surface area contributed by atoms with E-state index in [1.54, 1.807) is 6.07 Å². The lowest BCUT2D eigenvalue weighted by atomic mass is 9.96. The highest BCUT2D eigenvalue weighted by Gasteiger charge is 2.26. The molecule has 3 aromatic carbocycles. The minimum absolute atomic E-state index is 0.0614. The summed E-state index contributed by atoms with van der Waals surface area (Å²) in [5.74, 6) is -0.131. The number of fused-ring (bicyclic) bond motifs is 2. The molecule has 0 saturated carbocycles. The maximum absolute atomic E-state index is 12.5.